The second-order valence-electron chi connectivity index (χ2n) is 15.1. The number of halogens is 1. The Morgan fingerprint density at radius 1 is 1.20 bits per heavy atom. The average molecular weight is 617 g/mol. The smallest absolute Gasteiger partial charge is 0.261 e. The van der Waals surface area contributed by atoms with Gasteiger partial charge >= 0.3 is 0 Å². The molecule has 5 atom stereocenters. The molecule has 1 aliphatic heterocycles. The van der Waals surface area contributed by atoms with Gasteiger partial charge in [0.2, 0.25) is 0 Å². The number of aryl methyl sites for hydroxylation is 2. The van der Waals surface area contributed by atoms with Crippen molar-refractivity contribution in [3.63, 3.8) is 0 Å². The molecule has 0 spiro atoms. The number of rotatable bonds is 6. The van der Waals surface area contributed by atoms with E-state index in [4.69, 9.17) is 9.73 Å². The number of piperazine rings is 1. The maximum Gasteiger partial charge on any atom is 0.261 e. The lowest BCUT2D eigenvalue weighted by molar-refractivity contribution is -0.112. The van der Waals surface area contributed by atoms with Crippen molar-refractivity contribution in [1.82, 2.24) is 25.1 Å². The first-order valence-electron chi connectivity index (χ1n) is 16.5. The van der Waals surface area contributed by atoms with Gasteiger partial charge in [0.05, 0.1) is 30.0 Å². The summed E-state index contributed by atoms with van der Waals surface area (Å²) in [6.07, 6.45) is 4.43. The fraction of sp³-hybridized carbons (Fsp3) is 0.583. The second kappa shape index (κ2) is 12.0. The summed E-state index contributed by atoms with van der Waals surface area (Å²) in [7, 11) is 1.51. The molecule has 45 heavy (non-hydrogen) atoms. The van der Waals surface area contributed by atoms with Gasteiger partial charge in [-0.15, -0.1) is 0 Å². The van der Waals surface area contributed by atoms with Crippen LogP contribution in [0.15, 0.2) is 52.5 Å². The summed E-state index contributed by atoms with van der Waals surface area (Å²) in [4.78, 5) is 25.6. The molecule has 2 N–H and O–H groups in total. The molecule has 4 aliphatic rings. The number of fused-ring (bicyclic) bond motifs is 3. The minimum absolute atomic E-state index is 0.124. The van der Waals surface area contributed by atoms with Crippen LogP contribution in [0.25, 0.3) is 10.9 Å². The topological polar surface area (TPSA) is 83.8 Å². The quantitative estimate of drug-likeness (QED) is 0.271. The fourth-order valence-corrected chi connectivity index (χ4v) is 7.82. The highest BCUT2D eigenvalue weighted by Gasteiger charge is 2.56. The molecule has 0 amide bonds. The van der Waals surface area contributed by atoms with Gasteiger partial charge in [-0.05, 0) is 77.7 Å². The molecule has 3 aromatic rings. The lowest BCUT2D eigenvalue weighted by Crippen LogP contribution is -2.64. The number of benzene rings is 2. The Morgan fingerprint density at radius 3 is 2.69 bits per heavy atom. The first kappa shape index (κ1) is 31.5. The standard InChI is InChI=1S/C36H49FN6O2/c1-22-28-16-24(36(28,5)6)17-30(22)41-34(42-15-13-38-32(20-42)35(2,3)4)40-25-9-11-27-31(18-25)39-21-43(33(27)44)14-12-23-8-10-26(45-7)19-29(23)37/h8-11,18-19,21-22,24,28,30,32,38H,12-17,20H2,1-7H3,(H,40,41)/t22-,24-,28-,30+,32-/m1/s1. The normalized spacial score (nSPS) is 26.4. The van der Waals surface area contributed by atoms with Gasteiger partial charge in [-0.25, -0.2) is 14.4 Å². The molecule has 242 valence electrons. The Morgan fingerprint density at radius 2 is 2.00 bits per heavy atom. The van der Waals surface area contributed by atoms with Crippen LogP contribution in [0, 0.1) is 34.4 Å². The Labute approximate surface area is 266 Å². The van der Waals surface area contributed by atoms with E-state index < -0.39 is 0 Å². The van der Waals surface area contributed by atoms with E-state index in [2.05, 4.69) is 62.1 Å². The molecular formula is C36H49FN6O2. The van der Waals surface area contributed by atoms with Crippen molar-refractivity contribution in [2.75, 3.05) is 26.7 Å². The SMILES string of the molecule is COc1ccc(CCn2cnc3cc(N=C(N[C@H]4C[C@H]5C[C@H]([C@H]4C)C5(C)C)N4CCN[C@@H](C(C)(C)C)C4)ccc3c2=O)c(F)c1. The van der Waals surface area contributed by atoms with Crippen molar-refractivity contribution in [3.05, 3.63) is 64.5 Å². The third kappa shape index (κ3) is 6.20. The molecule has 2 aromatic carbocycles. The van der Waals surface area contributed by atoms with Crippen LogP contribution in [0.4, 0.5) is 10.1 Å². The molecule has 0 radical (unpaired) electrons. The van der Waals surface area contributed by atoms with Crippen molar-refractivity contribution < 1.29 is 9.13 Å². The minimum Gasteiger partial charge on any atom is -0.497 e. The molecule has 8 nitrogen and oxygen atoms in total. The third-order valence-corrected chi connectivity index (χ3v) is 11.1. The lowest BCUT2D eigenvalue weighted by atomic mass is 9.45. The average Bonchev–Trinajstić information content (AvgIpc) is 3.01. The number of methoxy groups -OCH3 is 1. The molecule has 1 aromatic heterocycles. The zero-order chi connectivity index (χ0) is 32.1. The molecule has 1 saturated heterocycles. The van der Waals surface area contributed by atoms with Crippen molar-refractivity contribution in [2.45, 2.75) is 79.4 Å². The van der Waals surface area contributed by atoms with E-state index in [1.54, 1.807) is 23.0 Å². The monoisotopic (exact) mass is 616 g/mol. The molecule has 0 unspecified atom stereocenters. The van der Waals surface area contributed by atoms with Gasteiger partial charge in [-0.1, -0.05) is 47.6 Å². The highest BCUT2D eigenvalue weighted by atomic mass is 19.1. The number of aromatic nitrogens is 2. The molecule has 3 saturated carbocycles. The van der Waals surface area contributed by atoms with Crippen LogP contribution >= 0.6 is 0 Å². The predicted molar refractivity (Wildman–Crippen MR) is 179 cm³/mol. The van der Waals surface area contributed by atoms with Gasteiger partial charge in [0.25, 0.3) is 5.56 Å². The Hall–Kier alpha value is -3.46. The van der Waals surface area contributed by atoms with E-state index in [-0.39, 0.29) is 16.8 Å². The van der Waals surface area contributed by atoms with Gasteiger partial charge in [-0.2, -0.15) is 0 Å². The van der Waals surface area contributed by atoms with Crippen molar-refractivity contribution >= 4 is 22.5 Å². The highest BCUT2D eigenvalue weighted by molar-refractivity contribution is 5.86. The maximum absolute atomic E-state index is 14.5. The lowest BCUT2D eigenvalue weighted by Gasteiger charge is -2.62. The molecule has 4 fully saturated rings. The summed E-state index contributed by atoms with van der Waals surface area (Å²) in [5.41, 5.74) is 2.31. The summed E-state index contributed by atoms with van der Waals surface area (Å²) in [5, 5.41) is 8.17. The fourth-order valence-electron chi connectivity index (χ4n) is 7.82. The summed E-state index contributed by atoms with van der Waals surface area (Å²) in [6, 6.07) is 11.2. The predicted octanol–water partition coefficient (Wildman–Crippen LogP) is 5.75. The zero-order valence-electron chi connectivity index (χ0n) is 27.9. The molecule has 9 heteroatoms. The molecule has 7 rings (SSSR count). The van der Waals surface area contributed by atoms with Crippen molar-refractivity contribution in [1.29, 1.82) is 0 Å². The van der Waals surface area contributed by atoms with Gasteiger partial charge in [0.1, 0.15) is 11.6 Å². The van der Waals surface area contributed by atoms with Crippen molar-refractivity contribution in [3.8, 4) is 5.75 Å². The number of guanidine groups is 1. The summed E-state index contributed by atoms with van der Waals surface area (Å²) in [6.45, 7) is 17.1. The van der Waals surface area contributed by atoms with Crippen LogP contribution < -0.4 is 20.9 Å². The number of hydrogen-bond donors (Lipinski definition) is 2. The highest BCUT2D eigenvalue weighted by Crippen LogP contribution is 2.61. The van der Waals surface area contributed by atoms with Crippen molar-refractivity contribution in [2.24, 2.45) is 33.6 Å². The van der Waals surface area contributed by atoms with Crippen LogP contribution in [0.2, 0.25) is 0 Å². The van der Waals surface area contributed by atoms with E-state index in [1.165, 1.54) is 19.6 Å². The van der Waals surface area contributed by atoms with Crippen LogP contribution in [0.1, 0.15) is 59.9 Å². The Bertz CT molecular complexity index is 1640. The van der Waals surface area contributed by atoms with Crippen LogP contribution in [0.5, 0.6) is 5.75 Å². The first-order valence-corrected chi connectivity index (χ1v) is 16.5. The Balaban J connectivity index is 1.26. The second-order valence-corrected chi connectivity index (χ2v) is 15.1. The number of hydrogen-bond acceptors (Lipinski definition) is 5. The molecule has 3 aliphatic carbocycles. The molecule has 2 bridgehead atoms. The minimum atomic E-state index is -0.343. The van der Waals surface area contributed by atoms with Gasteiger partial charge in [-0.3, -0.25) is 9.36 Å². The van der Waals surface area contributed by atoms with Crippen LogP contribution in [-0.2, 0) is 13.0 Å². The zero-order valence-corrected chi connectivity index (χ0v) is 27.9. The van der Waals surface area contributed by atoms with Crippen LogP contribution in [-0.4, -0.2) is 59.2 Å². The number of aliphatic imine (C=N–C) groups is 1. The molecule has 2 heterocycles. The van der Waals surface area contributed by atoms with E-state index in [0.717, 1.165) is 49.5 Å². The summed E-state index contributed by atoms with van der Waals surface area (Å²) < 4.78 is 21.1. The largest absolute Gasteiger partial charge is 0.497 e. The maximum atomic E-state index is 14.5. The van der Waals surface area contributed by atoms with E-state index in [9.17, 15) is 9.18 Å². The summed E-state index contributed by atoms with van der Waals surface area (Å²) >= 11 is 0. The van der Waals surface area contributed by atoms with Gasteiger partial charge in [0.15, 0.2) is 5.96 Å². The number of nitrogens with zero attached hydrogens (tertiary/aromatic N) is 4. The van der Waals surface area contributed by atoms with Gasteiger partial charge < -0.3 is 20.3 Å². The number of nitrogens with one attached hydrogen (secondary N) is 2. The van der Waals surface area contributed by atoms with Gasteiger partial charge in [0, 0.05) is 44.3 Å². The molecular weight excluding hydrogens is 567 g/mol. The van der Waals surface area contributed by atoms with E-state index >= 15 is 0 Å². The van der Waals surface area contributed by atoms with E-state index in [0.29, 0.717) is 58.6 Å². The van der Waals surface area contributed by atoms with E-state index in [1.807, 2.05) is 18.2 Å². The first-order chi connectivity index (χ1) is 21.3. The van der Waals surface area contributed by atoms with Crippen LogP contribution in [0.3, 0.4) is 0 Å². The summed E-state index contributed by atoms with van der Waals surface area (Å²) in [5.74, 6) is 3.09. The Kier molecular flexibility index (Phi) is 8.44. The third-order valence-electron chi connectivity index (χ3n) is 11.1. The number of ether oxygens (including phenoxy) is 1.